The standard InChI is InChI=1S/C12H17NO2/c1-12(2,14)8-15-11-5-3-4-10-9(11)6-7-13-10/h3-5,13-14H,6-8H2,1-2H3. The Morgan fingerprint density at radius 1 is 1.47 bits per heavy atom. The molecular formula is C12H17NO2. The lowest BCUT2D eigenvalue weighted by atomic mass is 10.1. The van der Waals surface area contributed by atoms with Gasteiger partial charge in [-0.1, -0.05) is 6.07 Å². The summed E-state index contributed by atoms with van der Waals surface area (Å²) in [4.78, 5) is 0. The molecule has 1 aliphatic rings. The van der Waals surface area contributed by atoms with Gasteiger partial charge in [0.2, 0.25) is 0 Å². The van der Waals surface area contributed by atoms with Gasteiger partial charge in [-0.25, -0.2) is 0 Å². The first-order valence-electron chi connectivity index (χ1n) is 5.27. The molecule has 0 unspecified atom stereocenters. The fourth-order valence-electron chi connectivity index (χ4n) is 1.70. The highest BCUT2D eigenvalue weighted by Gasteiger charge is 2.18. The van der Waals surface area contributed by atoms with Crippen LogP contribution in [0.2, 0.25) is 0 Å². The molecule has 2 N–H and O–H groups in total. The first-order valence-corrected chi connectivity index (χ1v) is 5.27. The third-order valence-electron chi connectivity index (χ3n) is 2.40. The quantitative estimate of drug-likeness (QED) is 0.794. The monoisotopic (exact) mass is 207 g/mol. The smallest absolute Gasteiger partial charge is 0.124 e. The second-order valence-corrected chi connectivity index (χ2v) is 4.56. The lowest BCUT2D eigenvalue weighted by molar-refractivity contribution is 0.0282. The molecule has 0 fully saturated rings. The Bertz CT molecular complexity index is 355. The van der Waals surface area contributed by atoms with Crippen molar-refractivity contribution in [1.82, 2.24) is 0 Å². The predicted octanol–water partition coefficient (Wildman–Crippen LogP) is 1.80. The predicted molar refractivity (Wildman–Crippen MR) is 60.4 cm³/mol. The van der Waals surface area contributed by atoms with Crippen LogP contribution in [0.1, 0.15) is 19.4 Å². The Balaban J connectivity index is 2.12. The summed E-state index contributed by atoms with van der Waals surface area (Å²) in [7, 11) is 0. The van der Waals surface area contributed by atoms with Gasteiger partial charge in [-0.05, 0) is 32.4 Å². The molecule has 3 heteroatoms. The van der Waals surface area contributed by atoms with E-state index in [0.717, 1.165) is 24.4 Å². The van der Waals surface area contributed by atoms with Crippen molar-refractivity contribution < 1.29 is 9.84 Å². The van der Waals surface area contributed by atoms with Crippen molar-refractivity contribution in [3.63, 3.8) is 0 Å². The molecular weight excluding hydrogens is 190 g/mol. The van der Waals surface area contributed by atoms with Crippen molar-refractivity contribution in [3.8, 4) is 5.75 Å². The molecule has 0 aromatic heterocycles. The van der Waals surface area contributed by atoms with Crippen molar-refractivity contribution in [2.24, 2.45) is 0 Å². The minimum absolute atomic E-state index is 0.323. The first kappa shape index (κ1) is 10.3. The van der Waals surface area contributed by atoms with Crippen molar-refractivity contribution in [2.75, 3.05) is 18.5 Å². The Morgan fingerprint density at radius 3 is 3.00 bits per heavy atom. The van der Waals surface area contributed by atoms with E-state index in [-0.39, 0.29) is 0 Å². The van der Waals surface area contributed by atoms with E-state index in [9.17, 15) is 5.11 Å². The average molecular weight is 207 g/mol. The summed E-state index contributed by atoms with van der Waals surface area (Å²) in [6.45, 7) is 4.78. The van der Waals surface area contributed by atoms with E-state index >= 15 is 0 Å². The molecule has 0 amide bonds. The SMILES string of the molecule is CC(C)(O)COc1cccc2c1CCN2. The molecule has 0 radical (unpaired) electrons. The molecule has 2 rings (SSSR count). The third-order valence-corrected chi connectivity index (χ3v) is 2.40. The highest BCUT2D eigenvalue weighted by Crippen LogP contribution is 2.31. The fraction of sp³-hybridized carbons (Fsp3) is 0.500. The van der Waals surface area contributed by atoms with Gasteiger partial charge in [0.1, 0.15) is 12.4 Å². The summed E-state index contributed by atoms with van der Waals surface area (Å²) in [6, 6.07) is 5.98. The summed E-state index contributed by atoms with van der Waals surface area (Å²) in [5.41, 5.74) is 1.60. The summed E-state index contributed by atoms with van der Waals surface area (Å²) in [5, 5.41) is 12.9. The number of hydrogen-bond donors (Lipinski definition) is 2. The number of rotatable bonds is 3. The maximum atomic E-state index is 9.59. The van der Waals surface area contributed by atoms with Gasteiger partial charge in [-0.2, -0.15) is 0 Å². The maximum absolute atomic E-state index is 9.59. The van der Waals surface area contributed by atoms with Crippen molar-refractivity contribution in [1.29, 1.82) is 0 Å². The van der Waals surface area contributed by atoms with Gasteiger partial charge in [0.25, 0.3) is 0 Å². The van der Waals surface area contributed by atoms with Crippen LogP contribution in [0, 0.1) is 0 Å². The van der Waals surface area contributed by atoms with Gasteiger partial charge in [0, 0.05) is 17.8 Å². The number of hydrogen-bond acceptors (Lipinski definition) is 3. The second-order valence-electron chi connectivity index (χ2n) is 4.56. The van der Waals surface area contributed by atoms with Crippen molar-refractivity contribution in [3.05, 3.63) is 23.8 Å². The Hall–Kier alpha value is -1.22. The molecule has 1 aliphatic heterocycles. The largest absolute Gasteiger partial charge is 0.490 e. The lowest BCUT2D eigenvalue weighted by Gasteiger charge is -2.19. The number of ether oxygens (including phenoxy) is 1. The van der Waals surface area contributed by atoms with E-state index in [2.05, 4.69) is 11.4 Å². The highest BCUT2D eigenvalue weighted by molar-refractivity contribution is 5.61. The fourth-order valence-corrected chi connectivity index (χ4v) is 1.70. The molecule has 15 heavy (non-hydrogen) atoms. The minimum atomic E-state index is -0.783. The van der Waals surface area contributed by atoms with Crippen molar-refractivity contribution in [2.45, 2.75) is 25.9 Å². The third kappa shape index (κ3) is 2.42. The van der Waals surface area contributed by atoms with Gasteiger partial charge in [-0.3, -0.25) is 0 Å². The summed E-state index contributed by atoms with van der Waals surface area (Å²) >= 11 is 0. The van der Waals surface area contributed by atoms with Gasteiger partial charge in [0.05, 0.1) is 5.60 Å². The maximum Gasteiger partial charge on any atom is 0.124 e. The molecule has 1 heterocycles. The number of anilines is 1. The van der Waals surface area contributed by atoms with Gasteiger partial charge < -0.3 is 15.2 Å². The molecule has 3 nitrogen and oxygen atoms in total. The first-order chi connectivity index (χ1) is 7.06. The molecule has 0 saturated heterocycles. The van der Waals surface area contributed by atoms with Crippen LogP contribution in [-0.2, 0) is 6.42 Å². The van der Waals surface area contributed by atoms with Crippen LogP contribution >= 0.6 is 0 Å². The van der Waals surface area contributed by atoms with Crippen LogP contribution in [0.3, 0.4) is 0 Å². The van der Waals surface area contributed by atoms with Crippen LogP contribution < -0.4 is 10.1 Å². The van der Waals surface area contributed by atoms with E-state index in [1.807, 2.05) is 12.1 Å². The molecule has 0 aliphatic carbocycles. The topological polar surface area (TPSA) is 41.5 Å². The van der Waals surface area contributed by atoms with E-state index in [0.29, 0.717) is 6.61 Å². The van der Waals surface area contributed by atoms with Gasteiger partial charge in [-0.15, -0.1) is 0 Å². The Kier molecular flexibility index (Phi) is 2.57. The second kappa shape index (κ2) is 3.74. The Labute approximate surface area is 90.1 Å². The zero-order valence-electron chi connectivity index (χ0n) is 9.21. The zero-order valence-corrected chi connectivity index (χ0v) is 9.21. The zero-order chi connectivity index (χ0) is 10.9. The van der Waals surface area contributed by atoms with E-state index in [4.69, 9.17) is 4.74 Å². The van der Waals surface area contributed by atoms with Crippen molar-refractivity contribution >= 4 is 5.69 Å². The van der Waals surface area contributed by atoms with Crippen LogP contribution in [0.5, 0.6) is 5.75 Å². The van der Waals surface area contributed by atoms with E-state index < -0.39 is 5.60 Å². The summed E-state index contributed by atoms with van der Waals surface area (Å²) < 4.78 is 5.62. The van der Waals surface area contributed by atoms with Gasteiger partial charge in [0.15, 0.2) is 0 Å². The molecule has 0 spiro atoms. The summed E-state index contributed by atoms with van der Waals surface area (Å²) in [5.74, 6) is 0.889. The molecule has 1 aromatic rings. The Morgan fingerprint density at radius 2 is 2.27 bits per heavy atom. The molecule has 82 valence electrons. The highest BCUT2D eigenvalue weighted by atomic mass is 16.5. The van der Waals surface area contributed by atoms with Gasteiger partial charge >= 0.3 is 0 Å². The summed E-state index contributed by atoms with van der Waals surface area (Å²) in [6.07, 6.45) is 0.997. The minimum Gasteiger partial charge on any atom is -0.490 e. The van der Waals surface area contributed by atoms with E-state index in [1.54, 1.807) is 13.8 Å². The number of nitrogens with one attached hydrogen (secondary N) is 1. The molecule has 0 atom stereocenters. The number of fused-ring (bicyclic) bond motifs is 1. The normalized spacial score (nSPS) is 14.6. The number of benzene rings is 1. The average Bonchev–Trinajstić information content (AvgIpc) is 2.61. The molecule has 0 saturated carbocycles. The molecule has 0 bridgehead atoms. The van der Waals surface area contributed by atoms with Crippen LogP contribution in [0.25, 0.3) is 0 Å². The van der Waals surface area contributed by atoms with E-state index in [1.165, 1.54) is 5.56 Å². The lowest BCUT2D eigenvalue weighted by Crippen LogP contribution is -2.28. The van der Waals surface area contributed by atoms with Crippen LogP contribution in [-0.4, -0.2) is 23.9 Å². The van der Waals surface area contributed by atoms with Crippen LogP contribution in [0.15, 0.2) is 18.2 Å². The van der Waals surface area contributed by atoms with Crippen LogP contribution in [0.4, 0.5) is 5.69 Å². The molecule has 1 aromatic carbocycles. The number of aliphatic hydroxyl groups is 1.